The third-order valence-electron chi connectivity index (χ3n) is 3.59. The summed E-state index contributed by atoms with van der Waals surface area (Å²) in [5, 5.41) is 2.73. The van der Waals surface area contributed by atoms with Crippen molar-refractivity contribution in [3.63, 3.8) is 0 Å². The summed E-state index contributed by atoms with van der Waals surface area (Å²) < 4.78 is 0. The molecule has 18 heavy (non-hydrogen) atoms. The lowest BCUT2D eigenvalue weighted by Crippen LogP contribution is -2.39. The summed E-state index contributed by atoms with van der Waals surface area (Å²) in [7, 11) is 1.71. The fraction of sp³-hybridized carbons (Fsp3) is 0.500. The standard InChI is InChI=1S/C14H21N3O/c1-16-14(18)12-6-8-17(9-7-12)10-11-2-4-13(15)5-3-11/h2-5,12H,6-10,15H2,1H3,(H,16,18). The maximum Gasteiger partial charge on any atom is 0.222 e. The van der Waals surface area contributed by atoms with Crippen molar-refractivity contribution in [1.29, 1.82) is 0 Å². The first-order valence-corrected chi connectivity index (χ1v) is 6.47. The lowest BCUT2D eigenvalue weighted by molar-refractivity contribution is -0.125. The Hall–Kier alpha value is -1.55. The normalized spacial score (nSPS) is 17.6. The molecule has 1 fully saturated rings. The second kappa shape index (κ2) is 5.87. The molecule has 0 unspecified atom stereocenters. The average Bonchev–Trinajstić information content (AvgIpc) is 2.41. The zero-order valence-electron chi connectivity index (χ0n) is 10.9. The van der Waals surface area contributed by atoms with E-state index in [-0.39, 0.29) is 11.8 Å². The van der Waals surface area contributed by atoms with Crippen LogP contribution in [-0.4, -0.2) is 30.9 Å². The number of rotatable bonds is 3. The van der Waals surface area contributed by atoms with Gasteiger partial charge < -0.3 is 11.1 Å². The van der Waals surface area contributed by atoms with Crippen molar-refractivity contribution in [3.05, 3.63) is 29.8 Å². The lowest BCUT2D eigenvalue weighted by Gasteiger charge is -2.31. The third-order valence-corrected chi connectivity index (χ3v) is 3.59. The van der Waals surface area contributed by atoms with Crippen LogP contribution in [0.2, 0.25) is 0 Å². The van der Waals surface area contributed by atoms with Crippen molar-refractivity contribution in [2.45, 2.75) is 19.4 Å². The number of benzene rings is 1. The first-order chi connectivity index (χ1) is 8.69. The number of amides is 1. The molecule has 4 heteroatoms. The van der Waals surface area contributed by atoms with Crippen LogP contribution in [0.15, 0.2) is 24.3 Å². The highest BCUT2D eigenvalue weighted by molar-refractivity contribution is 5.78. The number of likely N-dealkylation sites (tertiary alicyclic amines) is 1. The van der Waals surface area contributed by atoms with Crippen molar-refractivity contribution >= 4 is 11.6 Å². The molecule has 0 saturated carbocycles. The molecule has 0 aliphatic carbocycles. The van der Waals surface area contributed by atoms with Gasteiger partial charge >= 0.3 is 0 Å². The summed E-state index contributed by atoms with van der Waals surface area (Å²) >= 11 is 0. The number of piperidine rings is 1. The van der Waals surface area contributed by atoms with E-state index in [0.717, 1.165) is 38.2 Å². The van der Waals surface area contributed by atoms with E-state index in [1.165, 1.54) is 5.56 Å². The number of carbonyl (C=O) groups excluding carboxylic acids is 1. The van der Waals surface area contributed by atoms with Gasteiger partial charge in [-0.1, -0.05) is 12.1 Å². The second-order valence-corrected chi connectivity index (χ2v) is 4.91. The van der Waals surface area contributed by atoms with Crippen molar-refractivity contribution in [2.75, 3.05) is 25.9 Å². The van der Waals surface area contributed by atoms with E-state index < -0.39 is 0 Å². The summed E-state index contributed by atoms with van der Waals surface area (Å²) in [5.74, 6) is 0.375. The number of hydrogen-bond acceptors (Lipinski definition) is 3. The first-order valence-electron chi connectivity index (χ1n) is 6.47. The summed E-state index contributed by atoms with van der Waals surface area (Å²) in [5.41, 5.74) is 7.75. The van der Waals surface area contributed by atoms with Gasteiger partial charge in [0.15, 0.2) is 0 Å². The van der Waals surface area contributed by atoms with Gasteiger partial charge in [-0.3, -0.25) is 9.69 Å². The minimum atomic E-state index is 0.183. The van der Waals surface area contributed by atoms with Gasteiger partial charge in [0.2, 0.25) is 5.91 Å². The molecule has 1 aliphatic heterocycles. The number of nitrogens with one attached hydrogen (secondary N) is 1. The van der Waals surface area contributed by atoms with Crippen LogP contribution in [0.4, 0.5) is 5.69 Å². The van der Waals surface area contributed by atoms with Gasteiger partial charge in [0, 0.05) is 25.2 Å². The Morgan fingerprint density at radius 1 is 1.33 bits per heavy atom. The minimum absolute atomic E-state index is 0.183. The van der Waals surface area contributed by atoms with Gasteiger partial charge in [0.25, 0.3) is 0 Å². The zero-order valence-corrected chi connectivity index (χ0v) is 10.9. The van der Waals surface area contributed by atoms with Crippen molar-refractivity contribution < 1.29 is 4.79 Å². The minimum Gasteiger partial charge on any atom is -0.399 e. The Kier molecular flexibility index (Phi) is 4.20. The maximum atomic E-state index is 11.5. The molecule has 1 aliphatic rings. The fourth-order valence-corrected chi connectivity index (χ4v) is 2.44. The van der Waals surface area contributed by atoms with Crippen LogP contribution in [0.25, 0.3) is 0 Å². The molecule has 4 nitrogen and oxygen atoms in total. The second-order valence-electron chi connectivity index (χ2n) is 4.91. The van der Waals surface area contributed by atoms with E-state index in [2.05, 4.69) is 22.3 Å². The van der Waals surface area contributed by atoms with Gasteiger partial charge in [-0.05, 0) is 43.6 Å². The van der Waals surface area contributed by atoms with Crippen LogP contribution in [0, 0.1) is 5.92 Å². The predicted octanol–water partition coefficient (Wildman–Crippen LogP) is 1.23. The molecule has 0 spiro atoms. The van der Waals surface area contributed by atoms with E-state index in [4.69, 9.17) is 5.73 Å². The smallest absolute Gasteiger partial charge is 0.222 e. The molecule has 1 aromatic carbocycles. The van der Waals surface area contributed by atoms with Crippen LogP contribution < -0.4 is 11.1 Å². The molecule has 1 saturated heterocycles. The summed E-state index contributed by atoms with van der Waals surface area (Å²) in [6.07, 6.45) is 1.91. The molecule has 0 radical (unpaired) electrons. The van der Waals surface area contributed by atoms with E-state index in [9.17, 15) is 4.79 Å². The average molecular weight is 247 g/mol. The number of carbonyl (C=O) groups is 1. The van der Waals surface area contributed by atoms with Gasteiger partial charge in [0.05, 0.1) is 0 Å². The van der Waals surface area contributed by atoms with Gasteiger partial charge in [0.1, 0.15) is 0 Å². The highest BCUT2D eigenvalue weighted by Crippen LogP contribution is 2.19. The monoisotopic (exact) mass is 247 g/mol. The Balaban J connectivity index is 1.83. The Morgan fingerprint density at radius 2 is 1.94 bits per heavy atom. The SMILES string of the molecule is CNC(=O)C1CCN(Cc2ccc(N)cc2)CC1. The Morgan fingerprint density at radius 3 is 2.50 bits per heavy atom. The van der Waals surface area contributed by atoms with E-state index >= 15 is 0 Å². The Bertz CT molecular complexity index is 394. The summed E-state index contributed by atoms with van der Waals surface area (Å²) in [6, 6.07) is 8.01. The molecule has 0 atom stereocenters. The van der Waals surface area contributed by atoms with Gasteiger partial charge in [-0.2, -0.15) is 0 Å². The highest BCUT2D eigenvalue weighted by Gasteiger charge is 2.23. The molecule has 98 valence electrons. The van der Waals surface area contributed by atoms with Crippen molar-refractivity contribution in [2.24, 2.45) is 5.92 Å². The summed E-state index contributed by atoms with van der Waals surface area (Å²) in [4.78, 5) is 13.9. The van der Waals surface area contributed by atoms with Crippen LogP contribution in [0.3, 0.4) is 0 Å². The Labute approximate surface area is 108 Å². The van der Waals surface area contributed by atoms with Gasteiger partial charge in [-0.15, -0.1) is 0 Å². The quantitative estimate of drug-likeness (QED) is 0.790. The number of nitrogen functional groups attached to an aromatic ring is 1. The number of nitrogens with two attached hydrogens (primary N) is 1. The number of hydrogen-bond donors (Lipinski definition) is 2. The molecule has 1 amide bonds. The molecule has 3 N–H and O–H groups in total. The molecule has 0 bridgehead atoms. The molecule has 2 rings (SSSR count). The van der Waals surface area contributed by atoms with Crippen LogP contribution in [0.5, 0.6) is 0 Å². The highest BCUT2D eigenvalue weighted by atomic mass is 16.1. The van der Waals surface area contributed by atoms with Gasteiger partial charge in [-0.25, -0.2) is 0 Å². The number of anilines is 1. The summed E-state index contributed by atoms with van der Waals surface area (Å²) in [6.45, 7) is 2.92. The lowest BCUT2D eigenvalue weighted by atomic mass is 9.95. The van der Waals surface area contributed by atoms with Crippen molar-refractivity contribution in [1.82, 2.24) is 10.2 Å². The van der Waals surface area contributed by atoms with E-state index in [1.54, 1.807) is 7.05 Å². The molecule has 1 heterocycles. The third kappa shape index (κ3) is 3.23. The largest absolute Gasteiger partial charge is 0.399 e. The molecule has 0 aromatic heterocycles. The van der Waals surface area contributed by atoms with E-state index in [0.29, 0.717) is 0 Å². The topological polar surface area (TPSA) is 58.4 Å². The maximum absolute atomic E-state index is 11.5. The van der Waals surface area contributed by atoms with Crippen molar-refractivity contribution in [3.8, 4) is 0 Å². The van der Waals surface area contributed by atoms with Crippen LogP contribution >= 0.6 is 0 Å². The fourth-order valence-electron chi connectivity index (χ4n) is 2.44. The number of nitrogens with zero attached hydrogens (tertiary/aromatic N) is 1. The molecular weight excluding hydrogens is 226 g/mol. The predicted molar refractivity (Wildman–Crippen MR) is 72.9 cm³/mol. The first kappa shape index (κ1) is 12.9. The van der Waals surface area contributed by atoms with Crippen LogP contribution in [-0.2, 0) is 11.3 Å². The van der Waals surface area contributed by atoms with E-state index in [1.807, 2.05) is 12.1 Å². The zero-order chi connectivity index (χ0) is 13.0. The molecule has 1 aromatic rings. The van der Waals surface area contributed by atoms with Crippen LogP contribution in [0.1, 0.15) is 18.4 Å². The molecular formula is C14H21N3O.